The summed E-state index contributed by atoms with van der Waals surface area (Å²) in [6, 6.07) is 12.1. The molecule has 2 N–H and O–H groups in total. The normalized spacial score (nSPS) is 14.9. The van der Waals surface area contributed by atoms with Gasteiger partial charge >= 0.3 is 6.36 Å². The highest BCUT2D eigenvalue weighted by Gasteiger charge is 2.31. The van der Waals surface area contributed by atoms with Crippen molar-refractivity contribution in [2.24, 2.45) is 5.73 Å². The fourth-order valence-electron chi connectivity index (χ4n) is 4.41. The molecule has 5 rings (SSSR count). The minimum atomic E-state index is -4.79. The zero-order valence-corrected chi connectivity index (χ0v) is 18.4. The Hall–Kier alpha value is -3.92. The molecule has 1 fully saturated rings. The number of nitrogens with zero attached hydrogens (tertiary/aromatic N) is 2. The zero-order valence-electron chi connectivity index (χ0n) is 18.4. The molecule has 0 bridgehead atoms. The fraction of sp³-hybridized carbons (Fsp3) is 0.240. The summed E-state index contributed by atoms with van der Waals surface area (Å²) in [5, 5.41) is 0. The maximum atomic E-state index is 12.9. The van der Waals surface area contributed by atoms with Gasteiger partial charge in [-0.2, -0.15) is 0 Å². The van der Waals surface area contributed by atoms with Gasteiger partial charge in [0.05, 0.1) is 24.6 Å². The second-order valence-electron chi connectivity index (χ2n) is 8.27. The quantitative estimate of drug-likeness (QED) is 0.477. The number of primary amides is 1. The van der Waals surface area contributed by atoms with Gasteiger partial charge in [-0.1, -0.05) is 6.07 Å². The van der Waals surface area contributed by atoms with Crippen molar-refractivity contribution >= 4 is 11.8 Å². The Morgan fingerprint density at radius 2 is 1.74 bits per heavy atom. The van der Waals surface area contributed by atoms with Gasteiger partial charge in [-0.3, -0.25) is 9.59 Å². The van der Waals surface area contributed by atoms with E-state index in [4.69, 9.17) is 15.5 Å². The number of pyridine rings is 1. The lowest BCUT2D eigenvalue weighted by Crippen LogP contribution is -2.40. The predicted molar refractivity (Wildman–Crippen MR) is 120 cm³/mol. The highest BCUT2D eigenvalue weighted by Crippen LogP contribution is 2.39. The van der Waals surface area contributed by atoms with Gasteiger partial charge in [-0.25, -0.2) is 4.98 Å². The molecule has 180 valence electrons. The van der Waals surface area contributed by atoms with E-state index in [1.807, 2.05) is 6.07 Å². The Labute approximate surface area is 198 Å². The number of morpholine rings is 1. The van der Waals surface area contributed by atoms with Crippen LogP contribution in [0.2, 0.25) is 0 Å². The van der Waals surface area contributed by atoms with E-state index in [9.17, 15) is 22.8 Å². The molecule has 1 aromatic heterocycles. The molecule has 2 aromatic carbocycles. The van der Waals surface area contributed by atoms with Crippen LogP contribution < -0.4 is 10.5 Å². The maximum absolute atomic E-state index is 12.9. The van der Waals surface area contributed by atoms with Crippen LogP contribution in [-0.2, 0) is 11.2 Å². The largest absolute Gasteiger partial charge is 0.573 e. The third kappa shape index (κ3) is 4.57. The number of aromatic nitrogens is 1. The summed E-state index contributed by atoms with van der Waals surface area (Å²) in [6.07, 6.45) is -4.41. The van der Waals surface area contributed by atoms with E-state index >= 15 is 0 Å². The summed E-state index contributed by atoms with van der Waals surface area (Å²) in [7, 11) is 0. The van der Waals surface area contributed by atoms with E-state index in [0.717, 1.165) is 11.1 Å². The lowest BCUT2D eigenvalue weighted by Gasteiger charge is -2.27. The number of fused-ring (bicyclic) bond motifs is 3. The number of hydrogen-bond donors (Lipinski definition) is 1. The van der Waals surface area contributed by atoms with Crippen molar-refractivity contribution in [1.29, 1.82) is 0 Å². The molecule has 7 nitrogen and oxygen atoms in total. The Morgan fingerprint density at radius 3 is 2.40 bits per heavy atom. The first-order valence-electron chi connectivity index (χ1n) is 10.9. The number of amides is 2. The van der Waals surface area contributed by atoms with E-state index < -0.39 is 12.3 Å². The molecule has 2 heterocycles. The molecule has 0 spiro atoms. The van der Waals surface area contributed by atoms with Crippen LogP contribution in [0.3, 0.4) is 0 Å². The number of benzene rings is 2. The van der Waals surface area contributed by atoms with Gasteiger partial charge in [-0.15, -0.1) is 13.2 Å². The molecule has 35 heavy (non-hydrogen) atoms. The Balaban J connectivity index is 1.50. The Kier molecular flexibility index (Phi) is 5.68. The van der Waals surface area contributed by atoms with Gasteiger partial charge in [0.1, 0.15) is 5.75 Å². The summed E-state index contributed by atoms with van der Waals surface area (Å²) in [5.41, 5.74) is 10.2. The Bertz CT molecular complexity index is 1320. The van der Waals surface area contributed by atoms with Crippen molar-refractivity contribution in [2.75, 3.05) is 26.3 Å². The van der Waals surface area contributed by atoms with Crippen molar-refractivity contribution < 1.29 is 32.2 Å². The minimum Gasteiger partial charge on any atom is -0.406 e. The van der Waals surface area contributed by atoms with Crippen LogP contribution in [0.15, 0.2) is 48.5 Å². The molecule has 0 saturated carbocycles. The Morgan fingerprint density at radius 1 is 1.03 bits per heavy atom. The average molecular weight is 483 g/mol. The fourth-order valence-corrected chi connectivity index (χ4v) is 4.41. The second-order valence-corrected chi connectivity index (χ2v) is 8.27. The molecule has 0 unspecified atom stereocenters. The molecule has 3 aromatic rings. The predicted octanol–water partition coefficient (Wildman–Crippen LogP) is 3.79. The van der Waals surface area contributed by atoms with Crippen LogP contribution in [0, 0.1) is 0 Å². The third-order valence-corrected chi connectivity index (χ3v) is 6.05. The second kappa shape index (κ2) is 8.70. The first-order chi connectivity index (χ1) is 16.7. The van der Waals surface area contributed by atoms with Gasteiger partial charge in [0.25, 0.3) is 5.91 Å². The van der Waals surface area contributed by atoms with E-state index in [1.54, 1.807) is 17.0 Å². The molecule has 2 amide bonds. The molecule has 0 atom stereocenters. The molecular formula is C25H20F3N3O4. The first-order valence-corrected chi connectivity index (χ1v) is 10.9. The topological polar surface area (TPSA) is 94.8 Å². The highest BCUT2D eigenvalue weighted by atomic mass is 19.4. The van der Waals surface area contributed by atoms with Crippen LogP contribution in [0.1, 0.15) is 31.8 Å². The monoisotopic (exact) mass is 483 g/mol. The van der Waals surface area contributed by atoms with Crippen molar-refractivity contribution in [3.05, 3.63) is 70.8 Å². The van der Waals surface area contributed by atoms with E-state index in [1.165, 1.54) is 30.3 Å². The molecule has 1 saturated heterocycles. The summed E-state index contributed by atoms with van der Waals surface area (Å²) < 4.78 is 46.6. The number of halogens is 3. The van der Waals surface area contributed by atoms with Crippen molar-refractivity contribution in [3.63, 3.8) is 0 Å². The third-order valence-electron chi connectivity index (χ3n) is 6.05. The van der Waals surface area contributed by atoms with Crippen LogP contribution in [0.5, 0.6) is 5.75 Å². The van der Waals surface area contributed by atoms with Crippen molar-refractivity contribution in [2.45, 2.75) is 12.8 Å². The summed E-state index contributed by atoms with van der Waals surface area (Å²) in [4.78, 5) is 31.6. The lowest BCUT2D eigenvalue weighted by molar-refractivity contribution is -0.274. The van der Waals surface area contributed by atoms with Crippen LogP contribution in [-0.4, -0.2) is 54.4 Å². The lowest BCUT2D eigenvalue weighted by atomic mass is 10.0. The molecular weight excluding hydrogens is 463 g/mol. The number of nitrogens with two attached hydrogens (primary N) is 1. The SMILES string of the molecule is NC(=O)c1cc(-c2ccc(OC(F)(F)F)cc2)nc2c1Cc1cc(C(=O)N3CCOCC3)ccc1-2. The van der Waals surface area contributed by atoms with Crippen LogP contribution in [0.25, 0.3) is 22.5 Å². The molecule has 2 aliphatic rings. The van der Waals surface area contributed by atoms with E-state index in [-0.39, 0.29) is 17.2 Å². The molecule has 10 heteroatoms. The highest BCUT2D eigenvalue weighted by molar-refractivity contribution is 6.00. The van der Waals surface area contributed by atoms with Gasteiger partial charge < -0.3 is 20.1 Å². The molecule has 0 radical (unpaired) electrons. The average Bonchev–Trinajstić information content (AvgIpc) is 3.20. The maximum Gasteiger partial charge on any atom is 0.573 e. The van der Waals surface area contributed by atoms with Gasteiger partial charge in [0.15, 0.2) is 0 Å². The molecule has 1 aliphatic heterocycles. The number of carbonyl (C=O) groups is 2. The number of carbonyl (C=O) groups excluding carboxylic acids is 2. The van der Waals surface area contributed by atoms with Crippen molar-refractivity contribution in [1.82, 2.24) is 9.88 Å². The standard InChI is InChI=1S/C25H20F3N3O4/c26-25(27,28)35-17-4-1-14(2-5-17)21-13-20(23(29)32)19-12-16-11-15(3-6-18(16)22(19)30-21)24(33)31-7-9-34-10-8-31/h1-6,11,13H,7-10,12H2,(H2,29,32). The van der Waals surface area contributed by atoms with Crippen LogP contribution >= 0.6 is 0 Å². The smallest absolute Gasteiger partial charge is 0.406 e. The molecule has 1 aliphatic carbocycles. The van der Waals surface area contributed by atoms with E-state index in [0.29, 0.717) is 60.8 Å². The van der Waals surface area contributed by atoms with Crippen molar-refractivity contribution in [3.8, 4) is 28.3 Å². The first kappa shape index (κ1) is 22.9. The number of hydrogen-bond acceptors (Lipinski definition) is 5. The zero-order chi connectivity index (χ0) is 24.7. The summed E-state index contributed by atoms with van der Waals surface area (Å²) in [6.45, 7) is 2.06. The number of ether oxygens (including phenoxy) is 2. The number of alkyl halides is 3. The van der Waals surface area contributed by atoms with Gasteiger partial charge in [0.2, 0.25) is 5.91 Å². The number of rotatable bonds is 4. The minimum absolute atomic E-state index is 0.0861. The van der Waals surface area contributed by atoms with Crippen LogP contribution in [0.4, 0.5) is 13.2 Å². The van der Waals surface area contributed by atoms with Gasteiger partial charge in [0, 0.05) is 41.8 Å². The van der Waals surface area contributed by atoms with Gasteiger partial charge in [-0.05, 0) is 53.6 Å². The van der Waals surface area contributed by atoms with E-state index in [2.05, 4.69) is 4.74 Å². The summed E-state index contributed by atoms with van der Waals surface area (Å²) in [5.74, 6) is -1.09. The summed E-state index contributed by atoms with van der Waals surface area (Å²) >= 11 is 0.